The number of thiophene rings is 1. The quantitative estimate of drug-likeness (QED) is 0.163. The molecule has 0 radical (unpaired) electrons. The monoisotopic (exact) mass is 446 g/mol. The molecule has 0 aliphatic carbocycles. The van der Waals surface area contributed by atoms with Crippen LogP contribution in [0.5, 0.6) is 0 Å². The van der Waals surface area contributed by atoms with Gasteiger partial charge in [0.1, 0.15) is 16.2 Å². The van der Waals surface area contributed by atoms with Crippen molar-refractivity contribution < 1.29 is 4.79 Å². The third kappa shape index (κ3) is 3.72. The van der Waals surface area contributed by atoms with Crippen LogP contribution in [0.3, 0.4) is 0 Å². The lowest BCUT2D eigenvalue weighted by molar-refractivity contribution is 0.102. The summed E-state index contributed by atoms with van der Waals surface area (Å²) in [5, 5.41) is 6.79. The second kappa shape index (κ2) is 8.19. The Morgan fingerprint density at radius 3 is 2.60 bits per heavy atom. The number of aromatic nitrogens is 2. The summed E-state index contributed by atoms with van der Waals surface area (Å²) in [6.45, 7) is 0. The molecule has 146 valence electrons. The third-order valence-corrected chi connectivity index (χ3v) is 7.03. The molecule has 6 heteroatoms. The maximum absolute atomic E-state index is 12.9. The molecule has 3 nitrogen and oxygen atoms in total. The molecule has 2 aromatic heterocycles. The molecule has 0 aliphatic rings. The average Bonchev–Trinajstić information content (AvgIpc) is 3.22. The number of fused-ring (bicyclic) bond motifs is 2. The van der Waals surface area contributed by atoms with Crippen molar-refractivity contribution in [3.05, 3.63) is 89.0 Å². The van der Waals surface area contributed by atoms with Crippen molar-refractivity contribution in [3.8, 4) is 11.1 Å². The Morgan fingerprint density at radius 2 is 1.77 bits per heavy atom. The van der Waals surface area contributed by atoms with E-state index in [9.17, 15) is 4.79 Å². The first-order chi connectivity index (χ1) is 14.7. The Hall–Kier alpha value is -2.73. The summed E-state index contributed by atoms with van der Waals surface area (Å²) in [7, 11) is 0. The lowest BCUT2D eigenvalue weighted by Gasteiger charge is -2.06. The van der Waals surface area contributed by atoms with Gasteiger partial charge in [0.2, 0.25) is 0 Å². The Balaban J connectivity index is 1.44. The van der Waals surface area contributed by atoms with Gasteiger partial charge < -0.3 is 0 Å². The highest BCUT2D eigenvalue weighted by Gasteiger charge is 2.15. The van der Waals surface area contributed by atoms with E-state index in [-0.39, 0.29) is 5.78 Å². The van der Waals surface area contributed by atoms with Crippen molar-refractivity contribution in [3.63, 3.8) is 0 Å². The number of thioether (sulfide) groups is 1. The van der Waals surface area contributed by atoms with Crippen LogP contribution in [0.2, 0.25) is 5.02 Å². The molecule has 5 rings (SSSR count). The second-order valence-corrected chi connectivity index (χ2v) is 9.05. The lowest BCUT2D eigenvalue weighted by atomic mass is 10.1. The van der Waals surface area contributed by atoms with Gasteiger partial charge in [0, 0.05) is 21.5 Å². The molecule has 0 atom stereocenters. The number of hydrogen-bond acceptors (Lipinski definition) is 5. The fraction of sp³-hybridized carbons (Fsp3) is 0.0417. The largest absolute Gasteiger partial charge is 0.293 e. The van der Waals surface area contributed by atoms with E-state index in [0.717, 1.165) is 42.7 Å². The van der Waals surface area contributed by atoms with E-state index in [4.69, 9.17) is 11.6 Å². The zero-order valence-corrected chi connectivity index (χ0v) is 18.1. The van der Waals surface area contributed by atoms with Gasteiger partial charge in [-0.2, -0.15) is 0 Å². The molecule has 0 unspecified atom stereocenters. The molecule has 0 spiro atoms. The standard InChI is InChI=1S/C24H15ClN2OS2/c25-19-9-7-16(8-10-19)20-12-29-23-22(20)24(27-14-26-23)30-13-21(28)18-6-5-15-3-1-2-4-17(15)11-18/h1-12,14H,13H2. The smallest absolute Gasteiger partial charge is 0.173 e. The topological polar surface area (TPSA) is 42.9 Å². The molecule has 0 fully saturated rings. The minimum atomic E-state index is 0.0841. The number of Topliss-reactive ketones (excluding diaryl/α,β-unsaturated/α-hetero) is 1. The number of nitrogens with zero attached hydrogens (tertiary/aromatic N) is 2. The summed E-state index contributed by atoms with van der Waals surface area (Å²) >= 11 is 9.07. The highest BCUT2D eigenvalue weighted by molar-refractivity contribution is 8.00. The SMILES string of the molecule is O=C(CSc1ncnc2scc(-c3ccc(Cl)cc3)c12)c1ccc2ccccc2c1. The molecule has 2 heterocycles. The summed E-state index contributed by atoms with van der Waals surface area (Å²) in [6, 6.07) is 21.6. The fourth-order valence-electron chi connectivity index (χ4n) is 3.38. The van der Waals surface area contributed by atoms with Gasteiger partial charge in [0.25, 0.3) is 0 Å². The van der Waals surface area contributed by atoms with E-state index in [1.807, 2.05) is 66.7 Å². The van der Waals surface area contributed by atoms with Gasteiger partial charge in [-0.15, -0.1) is 11.3 Å². The summed E-state index contributed by atoms with van der Waals surface area (Å²) in [6.07, 6.45) is 1.56. The van der Waals surface area contributed by atoms with Crippen molar-refractivity contribution in [1.82, 2.24) is 9.97 Å². The zero-order chi connectivity index (χ0) is 20.5. The van der Waals surface area contributed by atoms with Crippen LogP contribution in [0, 0.1) is 0 Å². The van der Waals surface area contributed by atoms with Crippen molar-refractivity contribution in [2.75, 3.05) is 5.75 Å². The summed E-state index contributed by atoms with van der Waals surface area (Å²) in [5.41, 5.74) is 2.84. The van der Waals surface area contributed by atoms with Gasteiger partial charge in [-0.05, 0) is 34.5 Å². The van der Waals surface area contributed by atoms with Gasteiger partial charge in [0.05, 0.1) is 11.1 Å². The van der Waals surface area contributed by atoms with Gasteiger partial charge in [-0.1, -0.05) is 71.9 Å². The van der Waals surface area contributed by atoms with Crippen LogP contribution < -0.4 is 0 Å². The van der Waals surface area contributed by atoms with Crippen LogP contribution in [-0.4, -0.2) is 21.5 Å². The molecule has 0 bridgehead atoms. The van der Waals surface area contributed by atoms with Crippen LogP contribution in [0.15, 0.2) is 83.5 Å². The first kappa shape index (κ1) is 19.2. The molecule has 3 aromatic carbocycles. The van der Waals surface area contributed by atoms with Gasteiger partial charge in [-0.3, -0.25) is 4.79 Å². The predicted molar refractivity (Wildman–Crippen MR) is 127 cm³/mol. The normalized spacial score (nSPS) is 11.2. The van der Waals surface area contributed by atoms with E-state index in [1.54, 1.807) is 17.7 Å². The lowest BCUT2D eigenvalue weighted by Crippen LogP contribution is -2.02. The number of hydrogen-bond donors (Lipinski definition) is 0. The highest BCUT2D eigenvalue weighted by atomic mass is 35.5. The van der Waals surface area contributed by atoms with Crippen LogP contribution in [0.1, 0.15) is 10.4 Å². The number of benzene rings is 3. The van der Waals surface area contributed by atoms with Crippen LogP contribution in [0.25, 0.3) is 32.1 Å². The Labute approximate surface area is 186 Å². The summed E-state index contributed by atoms with van der Waals surface area (Å²) in [5.74, 6) is 0.404. The van der Waals surface area contributed by atoms with Crippen molar-refractivity contribution >= 4 is 61.5 Å². The molecular weight excluding hydrogens is 432 g/mol. The third-order valence-electron chi connectivity index (χ3n) is 4.90. The van der Waals surface area contributed by atoms with Gasteiger partial charge in [0.15, 0.2) is 5.78 Å². The molecule has 0 aliphatic heterocycles. The summed E-state index contributed by atoms with van der Waals surface area (Å²) in [4.78, 5) is 22.7. The first-order valence-electron chi connectivity index (χ1n) is 9.32. The minimum absolute atomic E-state index is 0.0841. The molecule has 30 heavy (non-hydrogen) atoms. The van der Waals surface area contributed by atoms with Crippen LogP contribution in [0.4, 0.5) is 0 Å². The Bertz CT molecular complexity index is 1380. The van der Waals surface area contributed by atoms with Crippen molar-refractivity contribution in [2.24, 2.45) is 0 Å². The van der Waals surface area contributed by atoms with Crippen LogP contribution >= 0.6 is 34.7 Å². The van der Waals surface area contributed by atoms with E-state index >= 15 is 0 Å². The number of ketones is 1. The van der Waals surface area contributed by atoms with E-state index in [0.29, 0.717) is 10.8 Å². The number of rotatable bonds is 5. The molecule has 0 amide bonds. The number of carbonyl (C=O) groups is 1. The number of halogens is 1. The maximum Gasteiger partial charge on any atom is 0.173 e. The average molecular weight is 447 g/mol. The maximum atomic E-state index is 12.9. The second-order valence-electron chi connectivity index (χ2n) is 6.79. The van der Waals surface area contributed by atoms with Gasteiger partial charge in [-0.25, -0.2) is 9.97 Å². The predicted octanol–water partition coefficient (Wildman–Crippen LogP) is 7.14. The van der Waals surface area contributed by atoms with E-state index in [2.05, 4.69) is 15.3 Å². The first-order valence-corrected chi connectivity index (χ1v) is 11.6. The Kier molecular flexibility index (Phi) is 5.25. The van der Waals surface area contributed by atoms with E-state index in [1.165, 1.54) is 11.8 Å². The fourth-order valence-corrected chi connectivity index (χ4v) is 5.39. The highest BCUT2D eigenvalue weighted by Crippen LogP contribution is 2.38. The number of carbonyl (C=O) groups excluding carboxylic acids is 1. The molecule has 5 aromatic rings. The molecule has 0 saturated heterocycles. The zero-order valence-electron chi connectivity index (χ0n) is 15.7. The van der Waals surface area contributed by atoms with Crippen molar-refractivity contribution in [2.45, 2.75) is 5.03 Å². The van der Waals surface area contributed by atoms with Crippen LogP contribution in [-0.2, 0) is 0 Å². The molecule has 0 saturated carbocycles. The molecule has 0 N–H and O–H groups in total. The molecular formula is C24H15ClN2OS2. The summed E-state index contributed by atoms with van der Waals surface area (Å²) < 4.78 is 0. The Morgan fingerprint density at radius 1 is 0.967 bits per heavy atom. The van der Waals surface area contributed by atoms with Gasteiger partial charge >= 0.3 is 0 Å². The van der Waals surface area contributed by atoms with E-state index < -0.39 is 0 Å². The van der Waals surface area contributed by atoms with Crippen molar-refractivity contribution in [1.29, 1.82) is 0 Å². The minimum Gasteiger partial charge on any atom is -0.293 e.